The minimum Gasteiger partial charge on any atom is -0.506 e. The minimum absolute atomic E-state index is 0.201. The van der Waals surface area contributed by atoms with E-state index in [2.05, 4.69) is 17.3 Å². The van der Waals surface area contributed by atoms with Crippen LogP contribution in [-0.2, 0) is 6.54 Å². The number of rotatable bonds is 4. The number of likely N-dealkylation sites (tertiary alicyclic amines) is 1. The summed E-state index contributed by atoms with van der Waals surface area (Å²) in [5, 5.41) is 13.6. The number of piperidine rings is 1. The molecule has 1 heterocycles. The zero-order chi connectivity index (χ0) is 13.0. The molecule has 2 N–H and O–H groups in total. The first-order valence-electron chi connectivity index (χ1n) is 6.52. The van der Waals surface area contributed by atoms with Gasteiger partial charge in [-0.1, -0.05) is 23.7 Å². The smallest absolute Gasteiger partial charge is 0.138 e. The fourth-order valence-corrected chi connectivity index (χ4v) is 2.75. The lowest BCUT2D eigenvalue weighted by molar-refractivity contribution is 0.206. The molecule has 0 saturated carbocycles. The van der Waals surface area contributed by atoms with E-state index in [9.17, 15) is 5.11 Å². The number of phenolic OH excluding ortho intramolecular Hbond substituents is 1. The molecule has 1 aliphatic heterocycles. The van der Waals surface area contributed by atoms with Crippen LogP contribution in [0.3, 0.4) is 0 Å². The first-order chi connectivity index (χ1) is 8.66. The predicted octanol–water partition coefficient (Wildman–Crippen LogP) is 2.48. The summed E-state index contributed by atoms with van der Waals surface area (Å²) in [5.74, 6) is 0.914. The molecule has 1 unspecified atom stereocenters. The van der Waals surface area contributed by atoms with Crippen molar-refractivity contribution in [2.24, 2.45) is 5.92 Å². The van der Waals surface area contributed by atoms with Crippen molar-refractivity contribution in [1.82, 2.24) is 10.2 Å². The van der Waals surface area contributed by atoms with Crippen molar-refractivity contribution >= 4 is 11.6 Å². The Labute approximate surface area is 114 Å². The van der Waals surface area contributed by atoms with E-state index in [0.717, 1.165) is 18.7 Å². The molecule has 0 radical (unpaired) electrons. The van der Waals surface area contributed by atoms with Crippen molar-refractivity contribution in [1.29, 1.82) is 0 Å². The van der Waals surface area contributed by atoms with Gasteiger partial charge in [0.2, 0.25) is 0 Å². The van der Waals surface area contributed by atoms with Crippen LogP contribution in [0, 0.1) is 5.92 Å². The van der Waals surface area contributed by atoms with E-state index in [1.165, 1.54) is 19.4 Å². The Balaban J connectivity index is 1.79. The Morgan fingerprint density at radius 1 is 1.50 bits per heavy atom. The fraction of sp³-hybridized carbons (Fsp3) is 0.571. The average Bonchev–Trinajstić information content (AvgIpc) is 2.35. The highest BCUT2D eigenvalue weighted by Gasteiger charge is 2.16. The third-order valence-corrected chi connectivity index (χ3v) is 3.85. The summed E-state index contributed by atoms with van der Waals surface area (Å²) >= 11 is 5.88. The summed E-state index contributed by atoms with van der Waals surface area (Å²) < 4.78 is 0. The first kappa shape index (κ1) is 13.7. The maximum Gasteiger partial charge on any atom is 0.138 e. The van der Waals surface area contributed by atoms with Gasteiger partial charge in [-0.3, -0.25) is 0 Å². The molecule has 3 nitrogen and oxygen atoms in total. The van der Waals surface area contributed by atoms with Gasteiger partial charge in [0.1, 0.15) is 5.75 Å². The van der Waals surface area contributed by atoms with E-state index >= 15 is 0 Å². The van der Waals surface area contributed by atoms with E-state index in [0.29, 0.717) is 17.5 Å². The molecular formula is C14H21ClN2O. The quantitative estimate of drug-likeness (QED) is 0.881. The number of hydrogen-bond acceptors (Lipinski definition) is 3. The van der Waals surface area contributed by atoms with Crippen molar-refractivity contribution in [2.45, 2.75) is 19.4 Å². The highest BCUT2D eigenvalue weighted by Crippen LogP contribution is 2.26. The van der Waals surface area contributed by atoms with E-state index < -0.39 is 0 Å². The second-order valence-corrected chi connectivity index (χ2v) is 5.56. The summed E-state index contributed by atoms with van der Waals surface area (Å²) in [6.45, 7) is 4.04. The molecule has 4 heteroatoms. The van der Waals surface area contributed by atoms with E-state index in [1.807, 2.05) is 12.1 Å². The van der Waals surface area contributed by atoms with Gasteiger partial charge in [-0.05, 0) is 45.0 Å². The Morgan fingerprint density at radius 2 is 2.33 bits per heavy atom. The Hall–Kier alpha value is -0.770. The number of aromatic hydroxyl groups is 1. The van der Waals surface area contributed by atoms with Gasteiger partial charge >= 0.3 is 0 Å². The number of nitrogens with zero attached hydrogens (tertiary/aromatic N) is 1. The van der Waals surface area contributed by atoms with Crippen LogP contribution < -0.4 is 5.32 Å². The maximum atomic E-state index is 9.80. The molecule has 100 valence electrons. The molecule has 1 aliphatic rings. The molecule has 1 aromatic rings. The lowest BCUT2D eigenvalue weighted by atomic mass is 9.98. The molecule has 18 heavy (non-hydrogen) atoms. The molecule has 2 rings (SSSR count). The largest absolute Gasteiger partial charge is 0.506 e. The third kappa shape index (κ3) is 3.61. The van der Waals surface area contributed by atoms with E-state index in [1.54, 1.807) is 6.07 Å². The summed E-state index contributed by atoms with van der Waals surface area (Å²) in [6, 6.07) is 5.48. The normalized spacial score (nSPS) is 21.1. The molecule has 0 aliphatic carbocycles. The molecule has 0 spiro atoms. The van der Waals surface area contributed by atoms with Crippen LogP contribution in [0.5, 0.6) is 5.75 Å². The average molecular weight is 269 g/mol. The van der Waals surface area contributed by atoms with Gasteiger partial charge < -0.3 is 15.3 Å². The summed E-state index contributed by atoms with van der Waals surface area (Å²) in [7, 11) is 2.18. The highest BCUT2D eigenvalue weighted by atomic mass is 35.5. The number of nitrogens with one attached hydrogen (secondary N) is 1. The molecule has 1 saturated heterocycles. The second kappa shape index (κ2) is 6.41. The van der Waals surface area contributed by atoms with Crippen molar-refractivity contribution in [2.75, 3.05) is 26.7 Å². The van der Waals surface area contributed by atoms with Crippen LogP contribution in [0.15, 0.2) is 18.2 Å². The summed E-state index contributed by atoms with van der Waals surface area (Å²) in [6.07, 6.45) is 2.57. The van der Waals surface area contributed by atoms with Crippen LogP contribution in [-0.4, -0.2) is 36.7 Å². The standard InChI is InChI=1S/C14H21ClN2O/c1-17-7-3-4-11(10-17)8-16-9-12-5-2-6-13(15)14(12)18/h2,5-6,11,16,18H,3-4,7-10H2,1H3. The molecule has 1 aromatic carbocycles. The van der Waals surface area contributed by atoms with E-state index in [4.69, 9.17) is 11.6 Å². The molecule has 1 atom stereocenters. The van der Waals surface area contributed by atoms with Crippen molar-refractivity contribution < 1.29 is 5.11 Å². The van der Waals surface area contributed by atoms with Crippen LogP contribution >= 0.6 is 11.6 Å². The Morgan fingerprint density at radius 3 is 3.11 bits per heavy atom. The van der Waals surface area contributed by atoms with Gasteiger partial charge in [0, 0.05) is 18.7 Å². The first-order valence-corrected chi connectivity index (χ1v) is 6.90. The molecular weight excluding hydrogens is 248 g/mol. The SMILES string of the molecule is CN1CCCC(CNCc2cccc(Cl)c2O)C1. The Bertz CT molecular complexity index is 397. The lowest BCUT2D eigenvalue weighted by Gasteiger charge is -2.29. The maximum absolute atomic E-state index is 9.80. The fourth-order valence-electron chi connectivity index (χ4n) is 2.55. The topological polar surface area (TPSA) is 35.5 Å². The van der Waals surface area contributed by atoms with Gasteiger partial charge in [0.05, 0.1) is 5.02 Å². The van der Waals surface area contributed by atoms with Gasteiger partial charge in [-0.25, -0.2) is 0 Å². The van der Waals surface area contributed by atoms with Crippen molar-refractivity contribution in [3.05, 3.63) is 28.8 Å². The van der Waals surface area contributed by atoms with Crippen LogP contribution in [0.1, 0.15) is 18.4 Å². The summed E-state index contributed by atoms with van der Waals surface area (Å²) in [5.41, 5.74) is 0.867. The molecule has 0 aromatic heterocycles. The van der Waals surface area contributed by atoms with Gasteiger partial charge in [0.15, 0.2) is 0 Å². The van der Waals surface area contributed by atoms with Crippen LogP contribution in [0.4, 0.5) is 0 Å². The molecule has 0 amide bonds. The predicted molar refractivity (Wildman–Crippen MR) is 75.0 cm³/mol. The van der Waals surface area contributed by atoms with Crippen molar-refractivity contribution in [3.8, 4) is 5.75 Å². The molecule has 1 fully saturated rings. The second-order valence-electron chi connectivity index (χ2n) is 5.15. The van der Waals surface area contributed by atoms with Crippen molar-refractivity contribution in [3.63, 3.8) is 0 Å². The number of phenols is 1. The van der Waals surface area contributed by atoms with Gasteiger partial charge in [-0.2, -0.15) is 0 Å². The number of para-hydroxylation sites is 1. The third-order valence-electron chi connectivity index (χ3n) is 3.54. The van der Waals surface area contributed by atoms with Gasteiger partial charge in [0.25, 0.3) is 0 Å². The highest BCUT2D eigenvalue weighted by molar-refractivity contribution is 6.32. The Kier molecular flexibility index (Phi) is 4.87. The van der Waals surface area contributed by atoms with E-state index in [-0.39, 0.29) is 5.75 Å². The monoisotopic (exact) mass is 268 g/mol. The minimum atomic E-state index is 0.201. The zero-order valence-corrected chi connectivity index (χ0v) is 11.6. The zero-order valence-electron chi connectivity index (χ0n) is 10.8. The van der Waals surface area contributed by atoms with Gasteiger partial charge in [-0.15, -0.1) is 0 Å². The van der Waals surface area contributed by atoms with Crippen LogP contribution in [0.2, 0.25) is 5.02 Å². The molecule has 0 bridgehead atoms. The van der Waals surface area contributed by atoms with Crippen LogP contribution in [0.25, 0.3) is 0 Å². The number of hydrogen-bond donors (Lipinski definition) is 2. The number of benzene rings is 1. The lowest BCUT2D eigenvalue weighted by Crippen LogP contribution is -2.37. The summed E-state index contributed by atoms with van der Waals surface area (Å²) in [4.78, 5) is 2.38. The number of halogens is 1.